The number of hydrogen-bond acceptors (Lipinski definition) is 9. The molecule has 0 aliphatic heterocycles. The van der Waals surface area contributed by atoms with Crippen LogP contribution in [0.2, 0.25) is 5.02 Å². The number of carbonyl (C=O) groups is 1. The summed E-state index contributed by atoms with van der Waals surface area (Å²) >= 11 is 23.5. The van der Waals surface area contributed by atoms with Crippen LogP contribution in [-0.4, -0.2) is 27.1 Å². The molecular formula is C23H17ClN2O4S4. The van der Waals surface area contributed by atoms with Crippen LogP contribution in [0, 0.1) is 0 Å². The largest absolute Gasteiger partial charge is 0.478 e. The lowest BCUT2D eigenvalue weighted by atomic mass is 10.1. The van der Waals surface area contributed by atoms with Gasteiger partial charge in [0.2, 0.25) is 5.88 Å². The second kappa shape index (κ2) is 10.6. The second-order valence-electron chi connectivity index (χ2n) is 7.16. The van der Waals surface area contributed by atoms with Gasteiger partial charge in [-0.2, -0.15) is 0 Å². The standard InChI is InChI=1S/C23H17ClN2O4S4/c24-12-1-6-15-16(9-12)25-10-19(26-15)30-14-4-2-13(3-5-14)29-17(23(27)28)7-11-8-18(31)21(33)22(34)20(11)32/h1-6,8-10,17,31-34H,7H2,(H,27,28). The van der Waals surface area contributed by atoms with Crippen LogP contribution < -0.4 is 9.47 Å². The van der Waals surface area contributed by atoms with Gasteiger partial charge in [-0.3, -0.25) is 0 Å². The molecule has 34 heavy (non-hydrogen) atoms. The third-order valence-electron chi connectivity index (χ3n) is 4.79. The van der Waals surface area contributed by atoms with Crippen molar-refractivity contribution in [3.8, 4) is 17.4 Å². The molecule has 4 rings (SSSR count). The number of rotatable bonds is 7. The average molecular weight is 549 g/mol. The molecule has 1 aromatic heterocycles. The third kappa shape index (κ3) is 5.69. The van der Waals surface area contributed by atoms with Gasteiger partial charge in [-0.1, -0.05) is 11.6 Å². The van der Waals surface area contributed by atoms with Gasteiger partial charge in [-0.15, -0.1) is 50.5 Å². The molecule has 11 heteroatoms. The quantitative estimate of drug-likeness (QED) is 0.174. The number of carboxylic acid groups (broad SMARTS) is 1. The summed E-state index contributed by atoms with van der Waals surface area (Å²) in [4.78, 5) is 22.7. The molecule has 0 spiro atoms. The Hall–Kier alpha value is -2.24. The molecule has 4 aromatic rings. The maximum Gasteiger partial charge on any atom is 0.345 e. The molecule has 0 aliphatic rings. The number of hydrogen-bond donors (Lipinski definition) is 5. The van der Waals surface area contributed by atoms with Crippen LogP contribution in [0.25, 0.3) is 11.0 Å². The minimum atomic E-state index is -1.15. The number of ether oxygens (including phenoxy) is 2. The Kier molecular flexibility index (Phi) is 7.73. The van der Waals surface area contributed by atoms with Gasteiger partial charge in [0.05, 0.1) is 17.2 Å². The van der Waals surface area contributed by atoms with Crippen molar-refractivity contribution in [1.29, 1.82) is 0 Å². The first kappa shape index (κ1) is 24.9. The summed E-state index contributed by atoms with van der Waals surface area (Å²) in [6, 6.07) is 13.5. The highest BCUT2D eigenvalue weighted by Crippen LogP contribution is 2.35. The molecule has 1 heterocycles. The first-order chi connectivity index (χ1) is 16.2. The van der Waals surface area contributed by atoms with Gasteiger partial charge in [-0.25, -0.2) is 14.8 Å². The Morgan fingerprint density at radius 3 is 2.35 bits per heavy atom. The van der Waals surface area contributed by atoms with E-state index < -0.39 is 12.1 Å². The summed E-state index contributed by atoms with van der Waals surface area (Å²) < 4.78 is 11.5. The van der Waals surface area contributed by atoms with E-state index >= 15 is 0 Å². The predicted octanol–water partition coefficient (Wildman–Crippen LogP) is 6.31. The van der Waals surface area contributed by atoms with E-state index in [9.17, 15) is 9.90 Å². The summed E-state index contributed by atoms with van der Waals surface area (Å²) in [6.07, 6.45) is 0.417. The van der Waals surface area contributed by atoms with Gasteiger partial charge >= 0.3 is 5.97 Å². The van der Waals surface area contributed by atoms with E-state index in [1.54, 1.807) is 48.5 Å². The number of carboxylic acids is 1. The van der Waals surface area contributed by atoms with Crippen molar-refractivity contribution >= 4 is 79.1 Å². The molecule has 1 atom stereocenters. The molecule has 0 fully saturated rings. The SMILES string of the molecule is O=C(O)C(Cc1cc(S)c(S)c(S)c1S)Oc1ccc(Oc2cnc3cc(Cl)ccc3n2)cc1. The fourth-order valence-corrected chi connectivity index (χ4v) is 4.43. The van der Waals surface area contributed by atoms with Crippen molar-refractivity contribution in [2.45, 2.75) is 32.1 Å². The second-order valence-corrected chi connectivity index (χ2v) is 9.42. The number of aliphatic carboxylic acids is 1. The van der Waals surface area contributed by atoms with Crippen LogP contribution in [-0.2, 0) is 11.2 Å². The van der Waals surface area contributed by atoms with E-state index in [2.05, 4.69) is 60.5 Å². The maximum absolute atomic E-state index is 11.8. The molecule has 0 bridgehead atoms. The molecule has 0 aliphatic carbocycles. The van der Waals surface area contributed by atoms with Gasteiger partial charge in [0.15, 0.2) is 6.10 Å². The van der Waals surface area contributed by atoms with Gasteiger partial charge in [0.25, 0.3) is 0 Å². The molecule has 3 aromatic carbocycles. The number of benzene rings is 3. The summed E-state index contributed by atoms with van der Waals surface area (Å²) in [5.74, 6) is 0.0490. The van der Waals surface area contributed by atoms with Crippen molar-refractivity contribution in [3.05, 3.63) is 65.3 Å². The number of nitrogens with zero attached hydrogens (tertiary/aromatic N) is 2. The Bertz CT molecular complexity index is 1390. The van der Waals surface area contributed by atoms with Crippen LogP contribution in [0.3, 0.4) is 0 Å². The monoisotopic (exact) mass is 548 g/mol. The highest BCUT2D eigenvalue weighted by Gasteiger charge is 2.23. The van der Waals surface area contributed by atoms with Crippen molar-refractivity contribution in [3.63, 3.8) is 0 Å². The molecule has 0 amide bonds. The average Bonchev–Trinajstić information content (AvgIpc) is 2.81. The van der Waals surface area contributed by atoms with Gasteiger partial charge in [0.1, 0.15) is 11.5 Å². The molecule has 0 radical (unpaired) electrons. The van der Waals surface area contributed by atoms with Crippen LogP contribution >= 0.6 is 62.1 Å². The minimum absolute atomic E-state index is 0.0677. The zero-order valence-corrected chi connectivity index (χ0v) is 21.5. The Balaban J connectivity index is 1.47. The maximum atomic E-state index is 11.8. The fraction of sp³-hybridized carbons (Fsp3) is 0.0870. The van der Waals surface area contributed by atoms with Crippen LogP contribution in [0.1, 0.15) is 5.56 Å². The van der Waals surface area contributed by atoms with Gasteiger partial charge < -0.3 is 14.6 Å². The molecule has 1 N–H and O–H groups in total. The molecule has 6 nitrogen and oxygen atoms in total. The molecule has 1 unspecified atom stereocenters. The van der Waals surface area contributed by atoms with Crippen molar-refractivity contribution < 1.29 is 19.4 Å². The highest BCUT2D eigenvalue weighted by molar-refractivity contribution is 7.86. The van der Waals surface area contributed by atoms with Crippen molar-refractivity contribution in [2.75, 3.05) is 0 Å². The Morgan fingerprint density at radius 1 is 0.941 bits per heavy atom. The zero-order valence-electron chi connectivity index (χ0n) is 17.2. The van der Waals surface area contributed by atoms with E-state index in [0.717, 1.165) is 0 Å². The Morgan fingerprint density at radius 2 is 1.65 bits per heavy atom. The molecule has 174 valence electrons. The number of halogens is 1. The van der Waals surface area contributed by atoms with E-state index in [4.69, 9.17) is 21.1 Å². The van der Waals surface area contributed by atoms with Crippen molar-refractivity contribution in [1.82, 2.24) is 9.97 Å². The van der Waals surface area contributed by atoms with E-state index in [0.29, 0.717) is 58.6 Å². The lowest BCUT2D eigenvalue weighted by Crippen LogP contribution is -2.29. The molecule has 0 saturated carbocycles. The number of aromatic nitrogens is 2. The van der Waals surface area contributed by atoms with Crippen molar-refractivity contribution in [2.24, 2.45) is 0 Å². The number of fused-ring (bicyclic) bond motifs is 1. The summed E-state index contributed by atoms with van der Waals surface area (Å²) in [5.41, 5.74) is 1.95. The third-order valence-corrected chi connectivity index (χ3v) is 7.33. The normalized spacial score (nSPS) is 11.9. The van der Waals surface area contributed by atoms with E-state index in [1.807, 2.05) is 0 Å². The van der Waals surface area contributed by atoms with Crippen LogP contribution in [0.4, 0.5) is 0 Å². The predicted molar refractivity (Wildman–Crippen MR) is 142 cm³/mol. The minimum Gasteiger partial charge on any atom is -0.478 e. The fourth-order valence-electron chi connectivity index (χ4n) is 3.11. The van der Waals surface area contributed by atoms with E-state index in [-0.39, 0.29) is 6.42 Å². The van der Waals surface area contributed by atoms with Gasteiger partial charge in [0, 0.05) is 31.0 Å². The zero-order chi connectivity index (χ0) is 24.4. The molecule has 0 saturated heterocycles. The van der Waals surface area contributed by atoms with Crippen LogP contribution in [0.5, 0.6) is 17.4 Å². The first-order valence-electron chi connectivity index (χ1n) is 9.76. The summed E-state index contributed by atoms with van der Waals surface area (Å²) in [5, 5.41) is 10.3. The lowest BCUT2D eigenvalue weighted by Gasteiger charge is -2.18. The first-order valence-corrected chi connectivity index (χ1v) is 11.9. The molecular weight excluding hydrogens is 532 g/mol. The van der Waals surface area contributed by atoms with E-state index in [1.165, 1.54) is 6.20 Å². The smallest absolute Gasteiger partial charge is 0.345 e. The number of thiol groups is 4. The van der Waals surface area contributed by atoms with Crippen LogP contribution in [0.15, 0.2) is 74.3 Å². The van der Waals surface area contributed by atoms with Gasteiger partial charge in [-0.05, 0) is 54.1 Å². The Labute approximate surface area is 222 Å². The summed E-state index contributed by atoms with van der Waals surface area (Å²) in [7, 11) is 0. The topological polar surface area (TPSA) is 81.5 Å². The highest BCUT2D eigenvalue weighted by atomic mass is 35.5. The lowest BCUT2D eigenvalue weighted by molar-refractivity contribution is -0.145. The summed E-state index contributed by atoms with van der Waals surface area (Å²) in [6.45, 7) is 0.